The molecule has 2 aromatic heterocycles. The minimum Gasteiger partial charge on any atom is -0.330 e. The molecule has 0 atom stereocenters. The fourth-order valence-electron chi connectivity index (χ4n) is 1.41. The van der Waals surface area contributed by atoms with Crippen LogP contribution in [0.1, 0.15) is 12.1 Å². The molecule has 2 heterocycles. The van der Waals surface area contributed by atoms with Crippen LogP contribution in [0.5, 0.6) is 0 Å². The Labute approximate surface area is 93.0 Å². The van der Waals surface area contributed by atoms with Crippen molar-refractivity contribution in [3.8, 4) is 10.4 Å². The molecule has 0 aliphatic heterocycles. The van der Waals surface area contributed by atoms with Crippen LogP contribution in [-0.4, -0.2) is 16.5 Å². The Morgan fingerprint density at radius 3 is 3.07 bits per heavy atom. The largest absolute Gasteiger partial charge is 0.330 e. The highest BCUT2D eigenvalue weighted by molar-refractivity contribution is 7.13. The van der Waals surface area contributed by atoms with Gasteiger partial charge in [0.2, 0.25) is 0 Å². The van der Waals surface area contributed by atoms with Gasteiger partial charge in [0, 0.05) is 18.1 Å². The van der Waals surface area contributed by atoms with Gasteiger partial charge in [-0.25, -0.2) is 0 Å². The lowest BCUT2D eigenvalue weighted by molar-refractivity contribution is 0.811. The van der Waals surface area contributed by atoms with Gasteiger partial charge in [0.1, 0.15) is 0 Å². The van der Waals surface area contributed by atoms with Crippen molar-refractivity contribution < 1.29 is 0 Å². The summed E-state index contributed by atoms with van der Waals surface area (Å²) in [4.78, 5) is 9.57. The summed E-state index contributed by atoms with van der Waals surface area (Å²) in [5.74, 6) is 0. The average Bonchev–Trinajstić information content (AvgIpc) is 2.80. The van der Waals surface area contributed by atoms with Crippen molar-refractivity contribution in [3.63, 3.8) is 0 Å². The number of thiazole rings is 1. The van der Waals surface area contributed by atoms with Crippen molar-refractivity contribution in [2.24, 2.45) is 5.73 Å². The van der Waals surface area contributed by atoms with Crippen LogP contribution in [0, 0.1) is 0 Å². The maximum Gasteiger partial charge on any atom is 0.0797 e. The standard InChI is InChI=1S/C11H13N3S/c12-4-1-2-10-6-9(3-5-14-10)11-7-13-8-15-11/h3,5-8H,1-2,4,12H2. The van der Waals surface area contributed by atoms with E-state index >= 15 is 0 Å². The summed E-state index contributed by atoms with van der Waals surface area (Å²) >= 11 is 1.64. The van der Waals surface area contributed by atoms with E-state index < -0.39 is 0 Å². The molecule has 78 valence electrons. The molecule has 0 aliphatic carbocycles. The Bertz CT molecular complexity index is 412. The molecule has 0 bridgehead atoms. The van der Waals surface area contributed by atoms with Gasteiger partial charge in [0.05, 0.1) is 10.4 Å². The van der Waals surface area contributed by atoms with Crippen molar-refractivity contribution in [1.82, 2.24) is 9.97 Å². The number of rotatable bonds is 4. The highest BCUT2D eigenvalue weighted by atomic mass is 32.1. The summed E-state index contributed by atoms with van der Waals surface area (Å²) < 4.78 is 0. The van der Waals surface area contributed by atoms with Crippen molar-refractivity contribution >= 4 is 11.3 Å². The molecule has 2 aromatic rings. The van der Waals surface area contributed by atoms with E-state index in [9.17, 15) is 0 Å². The third kappa shape index (κ3) is 2.61. The molecule has 4 heteroatoms. The van der Waals surface area contributed by atoms with Gasteiger partial charge in [-0.2, -0.15) is 0 Å². The summed E-state index contributed by atoms with van der Waals surface area (Å²) in [6.07, 6.45) is 5.66. The van der Waals surface area contributed by atoms with Gasteiger partial charge in [0.15, 0.2) is 0 Å². The first kappa shape index (κ1) is 10.3. The quantitative estimate of drug-likeness (QED) is 0.856. The molecule has 0 unspecified atom stereocenters. The van der Waals surface area contributed by atoms with E-state index in [0.717, 1.165) is 18.5 Å². The van der Waals surface area contributed by atoms with Gasteiger partial charge < -0.3 is 5.73 Å². The van der Waals surface area contributed by atoms with Crippen molar-refractivity contribution in [1.29, 1.82) is 0 Å². The first-order chi connectivity index (χ1) is 7.40. The molecule has 0 fully saturated rings. The van der Waals surface area contributed by atoms with Crippen molar-refractivity contribution in [2.45, 2.75) is 12.8 Å². The fourth-order valence-corrected chi connectivity index (χ4v) is 2.03. The molecule has 0 radical (unpaired) electrons. The van der Waals surface area contributed by atoms with Gasteiger partial charge in [-0.1, -0.05) is 0 Å². The van der Waals surface area contributed by atoms with Crippen LogP contribution in [0.4, 0.5) is 0 Å². The Kier molecular flexibility index (Phi) is 3.42. The highest BCUT2D eigenvalue weighted by Gasteiger charge is 2.01. The topological polar surface area (TPSA) is 51.8 Å². The predicted octanol–water partition coefficient (Wildman–Crippen LogP) is 2.10. The maximum absolute atomic E-state index is 5.47. The van der Waals surface area contributed by atoms with E-state index in [1.54, 1.807) is 11.3 Å². The number of pyridine rings is 1. The molecule has 2 rings (SSSR count). The Hall–Kier alpha value is -1.26. The van der Waals surface area contributed by atoms with Gasteiger partial charge in [-0.05, 0) is 37.1 Å². The molecule has 0 saturated carbocycles. The minimum atomic E-state index is 0.715. The SMILES string of the molecule is NCCCc1cc(-c2cncs2)ccn1. The van der Waals surface area contributed by atoms with Gasteiger partial charge in [-0.3, -0.25) is 9.97 Å². The predicted molar refractivity (Wildman–Crippen MR) is 62.7 cm³/mol. The lowest BCUT2D eigenvalue weighted by Gasteiger charge is -2.01. The van der Waals surface area contributed by atoms with Crippen LogP contribution in [0.2, 0.25) is 0 Å². The van der Waals surface area contributed by atoms with Crippen LogP contribution in [0.25, 0.3) is 10.4 Å². The van der Waals surface area contributed by atoms with E-state index in [-0.39, 0.29) is 0 Å². The van der Waals surface area contributed by atoms with E-state index in [2.05, 4.69) is 16.0 Å². The van der Waals surface area contributed by atoms with Crippen molar-refractivity contribution in [3.05, 3.63) is 35.7 Å². The summed E-state index contributed by atoms with van der Waals surface area (Å²) in [6, 6.07) is 4.13. The molecular formula is C11H13N3S. The van der Waals surface area contributed by atoms with Gasteiger partial charge in [-0.15, -0.1) is 11.3 Å². The normalized spacial score (nSPS) is 10.5. The van der Waals surface area contributed by atoms with Crippen LogP contribution < -0.4 is 5.73 Å². The first-order valence-corrected chi connectivity index (χ1v) is 5.82. The third-order valence-electron chi connectivity index (χ3n) is 2.17. The zero-order valence-corrected chi connectivity index (χ0v) is 9.20. The molecule has 0 saturated heterocycles. The lowest BCUT2D eigenvalue weighted by Crippen LogP contribution is -2.01. The Balaban J connectivity index is 2.19. The van der Waals surface area contributed by atoms with Crippen LogP contribution in [0.3, 0.4) is 0 Å². The van der Waals surface area contributed by atoms with Crippen LogP contribution in [0.15, 0.2) is 30.0 Å². The smallest absolute Gasteiger partial charge is 0.0797 e. The molecule has 2 N–H and O–H groups in total. The number of aromatic nitrogens is 2. The van der Waals surface area contributed by atoms with E-state index in [0.29, 0.717) is 6.54 Å². The minimum absolute atomic E-state index is 0.715. The third-order valence-corrected chi connectivity index (χ3v) is 2.99. The number of aryl methyl sites for hydroxylation is 1. The second-order valence-electron chi connectivity index (χ2n) is 3.29. The molecular weight excluding hydrogens is 206 g/mol. The van der Waals surface area contributed by atoms with Crippen LogP contribution in [-0.2, 0) is 6.42 Å². The number of hydrogen-bond donors (Lipinski definition) is 1. The summed E-state index contributed by atoms with van der Waals surface area (Å²) in [6.45, 7) is 0.715. The summed E-state index contributed by atoms with van der Waals surface area (Å²) in [5, 5.41) is 0. The number of nitrogens with two attached hydrogens (primary N) is 1. The number of nitrogens with zero attached hydrogens (tertiary/aromatic N) is 2. The van der Waals surface area contributed by atoms with E-state index in [4.69, 9.17) is 5.73 Å². The molecule has 3 nitrogen and oxygen atoms in total. The van der Waals surface area contributed by atoms with E-state index in [1.165, 1.54) is 10.4 Å². The number of hydrogen-bond acceptors (Lipinski definition) is 4. The molecule has 0 amide bonds. The molecule has 15 heavy (non-hydrogen) atoms. The van der Waals surface area contributed by atoms with E-state index in [1.807, 2.05) is 24.0 Å². The Morgan fingerprint density at radius 2 is 2.33 bits per heavy atom. The van der Waals surface area contributed by atoms with Gasteiger partial charge in [0.25, 0.3) is 0 Å². The average molecular weight is 219 g/mol. The first-order valence-electron chi connectivity index (χ1n) is 4.94. The maximum atomic E-state index is 5.47. The van der Waals surface area contributed by atoms with Crippen LogP contribution >= 0.6 is 11.3 Å². The van der Waals surface area contributed by atoms with Gasteiger partial charge >= 0.3 is 0 Å². The zero-order valence-electron chi connectivity index (χ0n) is 8.39. The Morgan fingerprint density at radius 1 is 1.40 bits per heavy atom. The molecule has 0 spiro atoms. The zero-order chi connectivity index (χ0) is 10.5. The summed E-state index contributed by atoms with van der Waals surface area (Å²) in [5.41, 5.74) is 9.61. The summed E-state index contributed by atoms with van der Waals surface area (Å²) in [7, 11) is 0. The highest BCUT2D eigenvalue weighted by Crippen LogP contribution is 2.23. The second-order valence-corrected chi connectivity index (χ2v) is 4.18. The fraction of sp³-hybridized carbons (Fsp3) is 0.273. The van der Waals surface area contributed by atoms with Crippen molar-refractivity contribution in [2.75, 3.05) is 6.54 Å². The lowest BCUT2D eigenvalue weighted by atomic mass is 10.1. The monoisotopic (exact) mass is 219 g/mol. The molecule has 0 aromatic carbocycles. The second kappa shape index (κ2) is 5.00. The molecule has 0 aliphatic rings.